The lowest BCUT2D eigenvalue weighted by Gasteiger charge is -2.25. The van der Waals surface area contributed by atoms with Crippen molar-refractivity contribution in [3.05, 3.63) is 52.0 Å². The molecule has 2 atom stereocenters. The number of anilines is 2. The quantitative estimate of drug-likeness (QED) is 0.435. The smallest absolute Gasteiger partial charge is 0.252 e. The van der Waals surface area contributed by atoms with Gasteiger partial charge in [0.1, 0.15) is 24.7 Å². The van der Waals surface area contributed by atoms with Gasteiger partial charge in [0.25, 0.3) is 11.8 Å². The number of rotatable bonds is 9. The largest absolute Gasteiger partial charge is 0.494 e. The summed E-state index contributed by atoms with van der Waals surface area (Å²) in [5.74, 6) is -2.64. The summed E-state index contributed by atoms with van der Waals surface area (Å²) in [4.78, 5) is 77.5. The number of nitrogens with one attached hydrogen (secondary N) is 2. The molecule has 11 nitrogen and oxygen atoms in total. The predicted octanol–water partition coefficient (Wildman–Crippen LogP) is 2.16. The lowest BCUT2D eigenvalue weighted by molar-refractivity contribution is -0.127. The van der Waals surface area contributed by atoms with E-state index in [0.717, 1.165) is 4.90 Å². The highest BCUT2D eigenvalue weighted by atomic mass is 35.5. The molecular weight excluding hydrogens is 551 g/mol. The Kier molecular flexibility index (Phi) is 9.66. The minimum Gasteiger partial charge on any atom is -0.494 e. The summed E-state index contributed by atoms with van der Waals surface area (Å²) in [5, 5.41) is 5.18. The van der Waals surface area contributed by atoms with Gasteiger partial charge >= 0.3 is 0 Å². The Hall–Kier alpha value is -3.96. The van der Waals surface area contributed by atoms with Crippen LogP contribution >= 0.6 is 23.2 Å². The maximum atomic E-state index is 13.7. The first-order valence-electron chi connectivity index (χ1n) is 11.7. The number of ketones is 1. The zero-order chi connectivity index (χ0) is 28.9. The average Bonchev–Trinajstić information content (AvgIpc) is 2.98. The van der Waals surface area contributed by atoms with Crippen LogP contribution in [0.25, 0.3) is 0 Å². The maximum absolute atomic E-state index is 13.7. The molecule has 0 bridgehead atoms. The van der Waals surface area contributed by atoms with Crippen molar-refractivity contribution in [2.24, 2.45) is 0 Å². The number of ether oxygens (including phenoxy) is 1. The third-order valence-electron chi connectivity index (χ3n) is 5.86. The zero-order valence-corrected chi connectivity index (χ0v) is 22.8. The Balaban J connectivity index is 1.96. The fourth-order valence-electron chi connectivity index (χ4n) is 4.12. The minimum absolute atomic E-state index is 0.0390. The number of carbonyl (C=O) groups is 6. The van der Waals surface area contributed by atoms with Gasteiger partial charge in [0.2, 0.25) is 11.8 Å². The van der Waals surface area contributed by atoms with E-state index in [2.05, 4.69) is 10.6 Å². The van der Waals surface area contributed by atoms with E-state index in [4.69, 9.17) is 27.9 Å². The van der Waals surface area contributed by atoms with E-state index in [-0.39, 0.29) is 45.8 Å². The summed E-state index contributed by atoms with van der Waals surface area (Å²) in [6, 6.07) is 6.73. The number of amides is 4. The molecule has 0 saturated heterocycles. The maximum Gasteiger partial charge on any atom is 0.252 e. The molecule has 0 unspecified atom stereocenters. The molecule has 1 aliphatic heterocycles. The van der Waals surface area contributed by atoms with E-state index in [1.54, 1.807) is 24.3 Å². The number of benzene rings is 2. The Morgan fingerprint density at radius 3 is 2.26 bits per heavy atom. The van der Waals surface area contributed by atoms with Gasteiger partial charge in [0, 0.05) is 18.9 Å². The molecule has 0 radical (unpaired) electrons. The summed E-state index contributed by atoms with van der Waals surface area (Å²) in [5.41, 5.74) is 0.626. The number of hydrogen-bond donors (Lipinski definition) is 2. The molecule has 206 valence electrons. The van der Waals surface area contributed by atoms with Crippen LogP contribution < -0.4 is 25.2 Å². The van der Waals surface area contributed by atoms with Crippen LogP contribution in [0.4, 0.5) is 11.4 Å². The number of hydrogen-bond acceptors (Lipinski definition) is 7. The van der Waals surface area contributed by atoms with Crippen molar-refractivity contribution in [3.8, 4) is 5.75 Å². The van der Waals surface area contributed by atoms with Crippen LogP contribution in [0, 0.1) is 0 Å². The van der Waals surface area contributed by atoms with Gasteiger partial charge < -0.3 is 25.1 Å². The molecule has 4 amide bonds. The molecule has 2 aromatic carbocycles. The van der Waals surface area contributed by atoms with Crippen molar-refractivity contribution < 1.29 is 33.5 Å². The second-order valence-electron chi connectivity index (χ2n) is 8.76. The number of Topliss-reactive ketones (excluding diaryl/α,β-unsaturated/α-hetero) is 1. The van der Waals surface area contributed by atoms with Crippen LogP contribution in [0.2, 0.25) is 10.0 Å². The van der Waals surface area contributed by atoms with Crippen LogP contribution in [0.15, 0.2) is 36.4 Å². The molecule has 39 heavy (non-hydrogen) atoms. The number of carbonyl (C=O) groups excluding carboxylic acids is 6. The van der Waals surface area contributed by atoms with Crippen LogP contribution in [-0.4, -0.2) is 68.0 Å². The van der Waals surface area contributed by atoms with Gasteiger partial charge in [-0.15, -0.1) is 0 Å². The summed E-state index contributed by atoms with van der Waals surface area (Å²) < 4.78 is 5.10. The van der Waals surface area contributed by atoms with Gasteiger partial charge in [-0.3, -0.25) is 28.9 Å². The normalized spacial score (nSPS) is 15.5. The monoisotopic (exact) mass is 576 g/mol. The Morgan fingerprint density at radius 1 is 1.10 bits per heavy atom. The van der Waals surface area contributed by atoms with Crippen molar-refractivity contribution in [3.63, 3.8) is 0 Å². The Labute approximate surface area is 234 Å². The molecular formula is C26H26Cl2N4O7. The molecule has 2 aromatic rings. The standard InChI is InChI=1S/C26H26Cl2N4O7/c1-14(34)8-17(13-33)29-23(36)12-32-22-7-5-4-6-21(22)31(15(2)35)11-20(26(32)38)30-25(37)16-9-18(27)24(39-3)19(28)10-16/h4-7,9-10,13,17,20H,8,11-12H2,1-3H3,(H,29,36)(H,30,37)/t17-,20-/m0/s1. The molecule has 0 spiro atoms. The van der Waals surface area contributed by atoms with Crippen LogP contribution in [0.1, 0.15) is 30.6 Å². The molecule has 0 aliphatic carbocycles. The van der Waals surface area contributed by atoms with Gasteiger partial charge in [-0.25, -0.2) is 0 Å². The first kappa shape index (κ1) is 29.6. The lowest BCUT2D eigenvalue weighted by Crippen LogP contribution is -2.54. The highest BCUT2D eigenvalue weighted by Crippen LogP contribution is 2.35. The Bertz CT molecular complexity index is 1310. The number of fused-ring (bicyclic) bond motifs is 1. The third-order valence-corrected chi connectivity index (χ3v) is 6.42. The summed E-state index contributed by atoms with van der Waals surface area (Å²) in [6.45, 7) is 1.82. The van der Waals surface area contributed by atoms with E-state index in [1.165, 1.54) is 38.0 Å². The second kappa shape index (κ2) is 12.7. The van der Waals surface area contributed by atoms with Crippen LogP contribution in [-0.2, 0) is 24.0 Å². The lowest BCUT2D eigenvalue weighted by atomic mass is 10.1. The second-order valence-corrected chi connectivity index (χ2v) is 9.57. The fraction of sp³-hybridized carbons (Fsp3) is 0.308. The van der Waals surface area contributed by atoms with Crippen molar-refractivity contribution in [2.75, 3.05) is 30.0 Å². The molecule has 0 aromatic heterocycles. The third kappa shape index (κ3) is 6.92. The number of nitrogens with zero attached hydrogens (tertiary/aromatic N) is 2. The summed E-state index contributed by atoms with van der Waals surface area (Å²) in [6.07, 6.45) is 0.229. The van der Waals surface area contributed by atoms with E-state index in [9.17, 15) is 28.8 Å². The molecule has 3 rings (SSSR count). The Morgan fingerprint density at radius 2 is 1.72 bits per heavy atom. The highest BCUT2D eigenvalue weighted by Gasteiger charge is 2.37. The topological polar surface area (TPSA) is 142 Å². The molecule has 2 N–H and O–H groups in total. The van der Waals surface area contributed by atoms with Crippen LogP contribution in [0.3, 0.4) is 0 Å². The van der Waals surface area contributed by atoms with Crippen LogP contribution in [0.5, 0.6) is 5.75 Å². The number of methoxy groups -OCH3 is 1. The van der Waals surface area contributed by atoms with E-state index in [1.807, 2.05) is 0 Å². The van der Waals surface area contributed by atoms with Gasteiger partial charge in [0.05, 0.1) is 41.1 Å². The van der Waals surface area contributed by atoms with Gasteiger partial charge in [-0.05, 0) is 31.2 Å². The van der Waals surface area contributed by atoms with E-state index in [0.29, 0.717) is 12.0 Å². The molecule has 0 saturated carbocycles. The minimum atomic E-state index is -1.28. The predicted molar refractivity (Wildman–Crippen MR) is 144 cm³/mol. The van der Waals surface area contributed by atoms with Crippen molar-refractivity contribution in [1.29, 1.82) is 0 Å². The molecule has 1 aliphatic rings. The molecule has 13 heteroatoms. The summed E-state index contributed by atoms with van der Waals surface area (Å²) in [7, 11) is 1.37. The molecule has 0 fully saturated rings. The van der Waals surface area contributed by atoms with Crippen molar-refractivity contribution >= 4 is 70.3 Å². The first-order chi connectivity index (χ1) is 18.5. The SMILES string of the molecule is COc1c(Cl)cc(C(=O)N[C@H]2CN(C(C)=O)c3ccccc3N(CC(=O)N[C@H](C=O)CC(C)=O)C2=O)cc1Cl. The number of aldehydes is 1. The zero-order valence-electron chi connectivity index (χ0n) is 21.3. The highest BCUT2D eigenvalue weighted by molar-refractivity contribution is 6.37. The van der Waals surface area contributed by atoms with Crippen molar-refractivity contribution in [1.82, 2.24) is 10.6 Å². The van der Waals surface area contributed by atoms with Gasteiger partial charge in [-0.2, -0.15) is 0 Å². The summed E-state index contributed by atoms with van der Waals surface area (Å²) >= 11 is 12.3. The number of halogens is 2. The first-order valence-corrected chi connectivity index (χ1v) is 12.5. The average molecular weight is 577 g/mol. The number of para-hydroxylation sites is 2. The van der Waals surface area contributed by atoms with E-state index < -0.39 is 42.3 Å². The molecule has 1 heterocycles. The van der Waals surface area contributed by atoms with Crippen molar-refractivity contribution in [2.45, 2.75) is 32.4 Å². The van der Waals surface area contributed by atoms with Gasteiger partial charge in [0.15, 0.2) is 5.75 Å². The van der Waals surface area contributed by atoms with Gasteiger partial charge in [-0.1, -0.05) is 35.3 Å². The van der Waals surface area contributed by atoms with E-state index >= 15 is 0 Å². The fourth-order valence-corrected chi connectivity index (χ4v) is 4.76.